The molecule has 0 heterocycles. The van der Waals surface area contributed by atoms with Gasteiger partial charge in [0.05, 0.1) is 0 Å². The Morgan fingerprint density at radius 3 is 2.08 bits per heavy atom. The molecule has 72 valence electrons. The van der Waals surface area contributed by atoms with Gasteiger partial charge in [-0.1, -0.05) is 17.7 Å². The molecule has 0 aromatic heterocycles. The third-order valence-electron chi connectivity index (χ3n) is 2.43. The van der Waals surface area contributed by atoms with E-state index in [1.54, 1.807) is 0 Å². The second-order valence-electron chi connectivity index (χ2n) is 3.67. The van der Waals surface area contributed by atoms with Crippen LogP contribution in [0.15, 0.2) is 12.1 Å². The van der Waals surface area contributed by atoms with E-state index in [4.69, 9.17) is 0 Å². The minimum absolute atomic E-state index is 0.935. The van der Waals surface area contributed by atoms with E-state index in [1.165, 1.54) is 22.3 Å². The molecule has 1 heteroatoms. The molecule has 13 heavy (non-hydrogen) atoms. The van der Waals surface area contributed by atoms with Crippen molar-refractivity contribution in [2.75, 3.05) is 13.6 Å². The Morgan fingerprint density at radius 2 is 1.62 bits per heavy atom. The molecule has 1 nitrogen and oxygen atoms in total. The largest absolute Gasteiger partial charge is 0.665 e. The third-order valence-corrected chi connectivity index (χ3v) is 2.43. The van der Waals surface area contributed by atoms with Gasteiger partial charge >= 0.3 is 0 Å². The van der Waals surface area contributed by atoms with Crippen molar-refractivity contribution in [3.63, 3.8) is 0 Å². The molecule has 0 atom stereocenters. The van der Waals surface area contributed by atoms with Crippen molar-refractivity contribution in [2.24, 2.45) is 0 Å². The zero-order valence-corrected chi connectivity index (χ0v) is 9.02. The van der Waals surface area contributed by atoms with Gasteiger partial charge in [0.25, 0.3) is 0 Å². The quantitative estimate of drug-likeness (QED) is 0.671. The highest BCUT2D eigenvalue weighted by Crippen LogP contribution is 2.17. The van der Waals surface area contributed by atoms with Gasteiger partial charge in [-0.15, -0.1) is 6.54 Å². The number of aryl methyl sites for hydroxylation is 3. The Morgan fingerprint density at radius 1 is 1.08 bits per heavy atom. The first-order chi connectivity index (χ1) is 6.15. The van der Waals surface area contributed by atoms with Crippen molar-refractivity contribution in [1.82, 2.24) is 0 Å². The first-order valence-corrected chi connectivity index (χ1v) is 4.77. The number of nitrogens with zero attached hydrogens (tertiary/aromatic N) is 1. The Hall–Kier alpha value is -0.820. The van der Waals surface area contributed by atoms with Crippen LogP contribution < -0.4 is 0 Å². The Labute approximate surface area is 81.2 Å². The maximum Gasteiger partial charge on any atom is -0.0395 e. The second kappa shape index (κ2) is 4.43. The maximum atomic E-state index is 4.14. The van der Waals surface area contributed by atoms with Crippen molar-refractivity contribution in [2.45, 2.75) is 27.2 Å². The summed E-state index contributed by atoms with van der Waals surface area (Å²) in [6, 6.07) is 4.50. The maximum absolute atomic E-state index is 4.14. The lowest BCUT2D eigenvalue weighted by molar-refractivity contribution is 1.01. The standard InChI is InChI=1S/C12H18N/c1-9-7-10(2)12(5-6-13-4)11(3)8-9/h7-8H,5-6H2,1-4H3/q-1. The van der Waals surface area contributed by atoms with E-state index in [1.807, 2.05) is 7.05 Å². The predicted molar refractivity (Wildman–Crippen MR) is 58.5 cm³/mol. The minimum atomic E-state index is 0.935. The monoisotopic (exact) mass is 176 g/mol. The van der Waals surface area contributed by atoms with E-state index in [9.17, 15) is 0 Å². The molecule has 0 aliphatic heterocycles. The van der Waals surface area contributed by atoms with Gasteiger partial charge in [-0.05, 0) is 43.9 Å². The van der Waals surface area contributed by atoms with E-state index in [-0.39, 0.29) is 0 Å². The van der Waals surface area contributed by atoms with Gasteiger partial charge in [0.1, 0.15) is 0 Å². The molecule has 1 aromatic carbocycles. The molecule has 0 saturated heterocycles. The van der Waals surface area contributed by atoms with E-state index in [2.05, 4.69) is 38.2 Å². The Kier molecular flexibility index (Phi) is 3.49. The van der Waals surface area contributed by atoms with Crippen LogP contribution in [0.25, 0.3) is 5.32 Å². The predicted octanol–water partition coefficient (Wildman–Crippen LogP) is 3.16. The van der Waals surface area contributed by atoms with Crippen LogP contribution in [0.1, 0.15) is 22.3 Å². The smallest absolute Gasteiger partial charge is 0.0395 e. The summed E-state index contributed by atoms with van der Waals surface area (Å²) in [5.41, 5.74) is 5.63. The molecule has 0 radical (unpaired) electrons. The van der Waals surface area contributed by atoms with Crippen molar-refractivity contribution >= 4 is 0 Å². The van der Waals surface area contributed by atoms with Crippen LogP contribution in [0, 0.1) is 20.8 Å². The van der Waals surface area contributed by atoms with Crippen molar-refractivity contribution < 1.29 is 0 Å². The third kappa shape index (κ3) is 2.56. The number of rotatable bonds is 3. The lowest BCUT2D eigenvalue weighted by Crippen LogP contribution is -1.98. The molecular formula is C12H18N-. The zero-order valence-electron chi connectivity index (χ0n) is 9.02. The zero-order chi connectivity index (χ0) is 9.84. The summed E-state index contributed by atoms with van der Waals surface area (Å²) >= 11 is 0. The summed E-state index contributed by atoms with van der Waals surface area (Å²) in [5.74, 6) is 0. The molecular weight excluding hydrogens is 158 g/mol. The van der Waals surface area contributed by atoms with Crippen LogP contribution in [0.5, 0.6) is 0 Å². The highest BCUT2D eigenvalue weighted by atomic mass is 14.8. The van der Waals surface area contributed by atoms with Crippen LogP contribution in [-0.2, 0) is 6.42 Å². The first kappa shape index (κ1) is 10.3. The van der Waals surface area contributed by atoms with E-state index in [0.717, 1.165) is 13.0 Å². The highest BCUT2D eigenvalue weighted by molar-refractivity contribution is 5.37. The molecule has 0 aliphatic rings. The van der Waals surface area contributed by atoms with Crippen LogP contribution in [0.4, 0.5) is 0 Å². The summed E-state index contributed by atoms with van der Waals surface area (Å²) < 4.78 is 0. The fraction of sp³-hybridized carbons (Fsp3) is 0.500. The molecule has 0 N–H and O–H groups in total. The van der Waals surface area contributed by atoms with E-state index < -0.39 is 0 Å². The van der Waals surface area contributed by atoms with Crippen LogP contribution in [0.3, 0.4) is 0 Å². The lowest BCUT2D eigenvalue weighted by atomic mass is 9.97. The topological polar surface area (TPSA) is 14.1 Å². The normalized spacial score (nSPS) is 10.5. The van der Waals surface area contributed by atoms with Gasteiger partial charge in [0, 0.05) is 0 Å². The van der Waals surface area contributed by atoms with E-state index in [0.29, 0.717) is 0 Å². The van der Waals surface area contributed by atoms with Gasteiger partial charge in [-0.3, -0.25) is 0 Å². The molecule has 1 aromatic rings. The average Bonchev–Trinajstić information content (AvgIpc) is 2.02. The van der Waals surface area contributed by atoms with Crippen LogP contribution >= 0.6 is 0 Å². The molecule has 0 bridgehead atoms. The number of likely N-dealkylation sites (N-methyl/N-ethyl adjacent to an activating group) is 1. The van der Waals surface area contributed by atoms with Gasteiger partial charge in [-0.25, -0.2) is 0 Å². The Bertz CT molecular complexity index is 266. The lowest BCUT2D eigenvalue weighted by Gasteiger charge is -2.15. The molecule has 0 saturated carbocycles. The van der Waals surface area contributed by atoms with Crippen LogP contribution in [0.2, 0.25) is 0 Å². The first-order valence-electron chi connectivity index (χ1n) is 4.77. The SMILES string of the molecule is C[N-]CCc1c(C)cc(C)cc1C. The van der Waals surface area contributed by atoms with Gasteiger partial charge in [-0.2, -0.15) is 7.05 Å². The molecule has 0 unspecified atom stereocenters. The highest BCUT2D eigenvalue weighted by Gasteiger charge is 2.00. The number of hydrogen-bond donors (Lipinski definition) is 0. The number of benzene rings is 1. The van der Waals surface area contributed by atoms with Crippen molar-refractivity contribution in [1.29, 1.82) is 0 Å². The Balaban J connectivity index is 2.92. The fourth-order valence-corrected chi connectivity index (χ4v) is 1.83. The fourth-order valence-electron chi connectivity index (χ4n) is 1.83. The van der Waals surface area contributed by atoms with Crippen molar-refractivity contribution in [3.8, 4) is 0 Å². The summed E-state index contributed by atoms with van der Waals surface area (Å²) in [6.07, 6.45) is 1.08. The molecule has 1 rings (SSSR count). The van der Waals surface area contributed by atoms with Gasteiger partial charge < -0.3 is 5.32 Å². The minimum Gasteiger partial charge on any atom is -0.665 e. The second-order valence-corrected chi connectivity index (χ2v) is 3.67. The molecule has 0 spiro atoms. The average molecular weight is 176 g/mol. The van der Waals surface area contributed by atoms with Crippen molar-refractivity contribution in [3.05, 3.63) is 39.7 Å². The van der Waals surface area contributed by atoms with E-state index >= 15 is 0 Å². The molecule has 0 aliphatic carbocycles. The van der Waals surface area contributed by atoms with Crippen LogP contribution in [-0.4, -0.2) is 13.6 Å². The summed E-state index contributed by atoms with van der Waals surface area (Å²) in [4.78, 5) is 0. The molecule has 0 fully saturated rings. The van der Waals surface area contributed by atoms with Gasteiger partial charge in [0.15, 0.2) is 0 Å². The summed E-state index contributed by atoms with van der Waals surface area (Å²) in [6.45, 7) is 7.45. The summed E-state index contributed by atoms with van der Waals surface area (Å²) in [7, 11) is 1.87. The van der Waals surface area contributed by atoms with Gasteiger partial charge in [0.2, 0.25) is 0 Å². The molecule has 0 amide bonds. The number of hydrogen-bond acceptors (Lipinski definition) is 0. The summed E-state index contributed by atoms with van der Waals surface area (Å²) in [5, 5.41) is 4.14.